The van der Waals surface area contributed by atoms with Gasteiger partial charge in [-0.15, -0.1) is 0 Å². The van der Waals surface area contributed by atoms with Gasteiger partial charge in [-0.3, -0.25) is 0 Å². The molecule has 2 aliphatic heterocycles. The van der Waals surface area contributed by atoms with E-state index in [9.17, 15) is 0 Å². The van der Waals surface area contributed by atoms with E-state index in [1.165, 1.54) is 6.42 Å². The van der Waals surface area contributed by atoms with Gasteiger partial charge in [0.05, 0.1) is 16.5 Å². The van der Waals surface area contributed by atoms with Crippen LogP contribution in [0.1, 0.15) is 12.8 Å². The van der Waals surface area contributed by atoms with Crippen molar-refractivity contribution in [3.05, 3.63) is 0 Å². The summed E-state index contributed by atoms with van der Waals surface area (Å²) in [5, 5.41) is 0. The van der Waals surface area contributed by atoms with Crippen molar-refractivity contribution >= 4 is 34.4 Å². The van der Waals surface area contributed by atoms with Crippen LogP contribution in [0.5, 0.6) is 0 Å². The Hall–Kier alpha value is -0.260. The van der Waals surface area contributed by atoms with E-state index in [0.717, 1.165) is 55.7 Å². The van der Waals surface area contributed by atoms with Gasteiger partial charge in [0.2, 0.25) is 0 Å². The first kappa shape index (κ1) is 12.2. The topological polar surface area (TPSA) is 9.72 Å². The summed E-state index contributed by atoms with van der Waals surface area (Å²) >= 11 is 10.8. The van der Waals surface area contributed by atoms with Gasteiger partial charge in [0.1, 0.15) is 0 Å². The van der Waals surface area contributed by atoms with Crippen molar-refractivity contribution in [3.63, 3.8) is 0 Å². The van der Waals surface area contributed by atoms with E-state index in [1.807, 2.05) is 0 Å². The molecule has 0 aromatic carbocycles. The lowest BCUT2D eigenvalue weighted by Gasteiger charge is -2.35. The molecule has 2 heterocycles. The molecule has 2 fully saturated rings. The number of hydrogen-bond donors (Lipinski definition) is 0. The van der Waals surface area contributed by atoms with Gasteiger partial charge in [-0.05, 0) is 19.9 Å². The van der Waals surface area contributed by atoms with Gasteiger partial charge in [-0.1, -0.05) is 24.4 Å². The van der Waals surface area contributed by atoms with Crippen LogP contribution in [0.15, 0.2) is 0 Å². The van der Waals surface area contributed by atoms with Crippen molar-refractivity contribution in [2.24, 2.45) is 0 Å². The van der Waals surface area contributed by atoms with Gasteiger partial charge < -0.3 is 14.7 Å². The van der Waals surface area contributed by atoms with Gasteiger partial charge in [-0.25, -0.2) is 0 Å². The van der Waals surface area contributed by atoms with E-state index in [2.05, 4.69) is 21.7 Å². The first-order valence-corrected chi connectivity index (χ1v) is 6.72. The molecule has 0 N–H and O–H groups in total. The molecular formula is C11H19N3S2. The summed E-state index contributed by atoms with van der Waals surface area (Å²) in [6.45, 7) is 6.31. The molecule has 0 unspecified atom stereocenters. The molecule has 5 heteroatoms. The molecule has 0 saturated carbocycles. The Morgan fingerprint density at radius 2 is 1.88 bits per heavy atom. The maximum absolute atomic E-state index is 5.51. The van der Waals surface area contributed by atoms with Crippen LogP contribution in [0.4, 0.5) is 0 Å². The second kappa shape index (κ2) is 5.38. The molecule has 0 radical (unpaired) electrons. The number of rotatable bonds is 2. The Labute approximate surface area is 108 Å². The summed E-state index contributed by atoms with van der Waals surface area (Å²) in [7, 11) is 2.16. The lowest BCUT2D eigenvalue weighted by atomic mass is 10.3. The molecule has 2 aliphatic rings. The molecule has 0 aromatic heterocycles. The lowest BCUT2D eigenvalue weighted by molar-refractivity contribution is 0.214. The van der Waals surface area contributed by atoms with Gasteiger partial charge in [-0.2, -0.15) is 0 Å². The van der Waals surface area contributed by atoms with Crippen LogP contribution in [0.3, 0.4) is 0 Å². The average molecular weight is 257 g/mol. The Bertz CT molecular complexity index is 285. The zero-order valence-corrected chi connectivity index (χ0v) is 11.4. The monoisotopic (exact) mass is 257 g/mol. The highest BCUT2D eigenvalue weighted by Crippen LogP contribution is 2.12. The molecule has 16 heavy (non-hydrogen) atoms. The number of likely N-dealkylation sites (tertiary alicyclic amines) is 1. The Morgan fingerprint density at radius 1 is 1.19 bits per heavy atom. The van der Waals surface area contributed by atoms with E-state index >= 15 is 0 Å². The minimum Gasteiger partial charge on any atom is -0.362 e. The number of thiocarbonyl (C=S) groups is 2. The van der Waals surface area contributed by atoms with Crippen molar-refractivity contribution in [3.8, 4) is 0 Å². The molecule has 0 atom stereocenters. The molecule has 0 aromatic rings. The van der Waals surface area contributed by atoms with Crippen molar-refractivity contribution in [2.75, 3.05) is 46.3 Å². The number of piperazine rings is 1. The SMILES string of the molecule is CN1CCN(C(=S)CN2CCCC2=S)CC1. The summed E-state index contributed by atoms with van der Waals surface area (Å²) in [5.41, 5.74) is 0. The summed E-state index contributed by atoms with van der Waals surface area (Å²) in [4.78, 5) is 9.10. The Morgan fingerprint density at radius 3 is 2.44 bits per heavy atom. The highest BCUT2D eigenvalue weighted by molar-refractivity contribution is 7.80. The quantitative estimate of drug-likeness (QED) is 0.680. The zero-order chi connectivity index (χ0) is 11.5. The fourth-order valence-corrected chi connectivity index (χ4v) is 2.83. The molecule has 0 aliphatic carbocycles. The van der Waals surface area contributed by atoms with E-state index in [0.29, 0.717) is 0 Å². The minimum atomic E-state index is 0.859. The highest BCUT2D eigenvalue weighted by atomic mass is 32.1. The van der Waals surface area contributed by atoms with E-state index in [-0.39, 0.29) is 0 Å². The van der Waals surface area contributed by atoms with E-state index in [4.69, 9.17) is 24.4 Å². The van der Waals surface area contributed by atoms with Gasteiger partial charge >= 0.3 is 0 Å². The number of likely N-dealkylation sites (N-methyl/N-ethyl adjacent to an activating group) is 1. The summed E-state index contributed by atoms with van der Waals surface area (Å²) in [6, 6.07) is 0. The first-order chi connectivity index (χ1) is 7.66. The molecule has 2 rings (SSSR count). The van der Waals surface area contributed by atoms with Gasteiger partial charge in [0, 0.05) is 32.7 Å². The van der Waals surface area contributed by atoms with Crippen LogP contribution in [-0.4, -0.2) is 71.0 Å². The van der Waals surface area contributed by atoms with Crippen molar-refractivity contribution in [2.45, 2.75) is 12.8 Å². The average Bonchev–Trinajstić information content (AvgIpc) is 2.65. The third kappa shape index (κ3) is 2.90. The van der Waals surface area contributed by atoms with Crippen LogP contribution >= 0.6 is 24.4 Å². The van der Waals surface area contributed by atoms with Crippen molar-refractivity contribution in [1.82, 2.24) is 14.7 Å². The second-order valence-corrected chi connectivity index (χ2v) is 5.55. The third-order valence-electron chi connectivity index (χ3n) is 3.35. The number of hydrogen-bond acceptors (Lipinski definition) is 3. The molecule has 3 nitrogen and oxygen atoms in total. The van der Waals surface area contributed by atoms with Crippen molar-refractivity contribution < 1.29 is 0 Å². The first-order valence-electron chi connectivity index (χ1n) is 5.91. The zero-order valence-electron chi connectivity index (χ0n) is 9.81. The van der Waals surface area contributed by atoms with Gasteiger partial charge in [0.15, 0.2) is 0 Å². The molecular weight excluding hydrogens is 238 g/mol. The maximum atomic E-state index is 5.51. The minimum absolute atomic E-state index is 0.859. The summed E-state index contributed by atoms with van der Waals surface area (Å²) in [5.74, 6) is 0. The van der Waals surface area contributed by atoms with Crippen molar-refractivity contribution in [1.29, 1.82) is 0 Å². The molecule has 2 saturated heterocycles. The summed E-state index contributed by atoms with van der Waals surface area (Å²) in [6.07, 6.45) is 2.27. The fraction of sp³-hybridized carbons (Fsp3) is 0.818. The fourth-order valence-electron chi connectivity index (χ4n) is 2.19. The second-order valence-electron chi connectivity index (χ2n) is 4.60. The van der Waals surface area contributed by atoms with Crippen LogP contribution in [0.25, 0.3) is 0 Å². The van der Waals surface area contributed by atoms with Gasteiger partial charge in [0.25, 0.3) is 0 Å². The predicted molar refractivity (Wildman–Crippen MR) is 75.1 cm³/mol. The van der Waals surface area contributed by atoms with Crippen LogP contribution in [0.2, 0.25) is 0 Å². The molecule has 90 valence electrons. The lowest BCUT2D eigenvalue weighted by Crippen LogP contribution is -2.49. The molecule has 0 amide bonds. The Balaban J connectivity index is 1.81. The van der Waals surface area contributed by atoms with Crippen LogP contribution in [-0.2, 0) is 0 Å². The van der Waals surface area contributed by atoms with Crippen LogP contribution in [0, 0.1) is 0 Å². The maximum Gasteiger partial charge on any atom is 0.0976 e. The van der Waals surface area contributed by atoms with E-state index in [1.54, 1.807) is 0 Å². The van der Waals surface area contributed by atoms with E-state index < -0.39 is 0 Å². The van der Waals surface area contributed by atoms with Crippen LogP contribution < -0.4 is 0 Å². The normalized spacial score (nSPS) is 22.9. The third-order valence-corrected chi connectivity index (χ3v) is 4.20. The predicted octanol–water partition coefficient (Wildman–Crippen LogP) is 0.984. The summed E-state index contributed by atoms with van der Waals surface area (Å²) < 4.78 is 0. The highest BCUT2D eigenvalue weighted by Gasteiger charge is 2.21. The standard InChI is InChI=1S/C11H19N3S2/c1-12-5-7-13(8-6-12)11(16)9-14-4-2-3-10(14)15/h2-9H2,1H3. The molecule has 0 bridgehead atoms. The smallest absolute Gasteiger partial charge is 0.0976 e. The molecule has 0 spiro atoms. The number of nitrogens with zero attached hydrogens (tertiary/aromatic N) is 3. The Kier molecular flexibility index (Phi) is 4.10. The largest absolute Gasteiger partial charge is 0.362 e.